The third kappa shape index (κ3) is 5.11. The Morgan fingerprint density at radius 2 is 2.00 bits per heavy atom. The maximum Gasteiger partial charge on any atom is 0.309 e. The molecule has 0 saturated heterocycles. The van der Waals surface area contributed by atoms with Crippen molar-refractivity contribution >= 4 is 23.0 Å². The average Bonchev–Trinajstić information content (AvgIpc) is 2.13. The summed E-state index contributed by atoms with van der Waals surface area (Å²) in [4.78, 5) is 23.8. The Balaban J connectivity index is 3.78. The van der Waals surface area contributed by atoms with Crippen LogP contribution in [0, 0.1) is 5.92 Å². The van der Waals surface area contributed by atoms with Crippen molar-refractivity contribution in [1.82, 2.24) is 4.90 Å². The van der Waals surface area contributed by atoms with Crippen molar-refractivity contribution in [2.75, 3.05) is 26.5 Å². The number of carbonyl (C=O) groups is 2. The van der Waals surface area contributed by atoms with Crippen LogP contribution in [0.2, 0.25) is 0 Å². The maximum absolute atomic E-state index is 11.2. The fourth-order valence-electron chi connectivity index (χ4n) is 0.678. The normalized spacial score (nSPS) is 12.0. The molecule has 0 aromatic rings. The molecule has 0 rings (SSSR count). The number of nitrogens with zero attached hydrogens (tertiary/aromatic N) is 1. The first-order valence-corrected chi connectivity index (χ1v) is 5.48. The zero-order valence-electron chi connectivity index (χ0n) is 9.07. The summed E-state index contributed by atoms with van der Waals surface area (Å²) in [5, 5.41) is -0.0406. The summed E-state index contributed by atoms with van der Waals surface area (Å²) >= 11 is 1.13. The van der Waals surface area contributed by atoms with Gasteiger partial charge >= 0.3 is 5.97 Å². The van der Waals surface area contributed by atoms with Gasteiger partial charge in [-0.2, -0.15) is 0 Å². The molecule has 0 aliphatic rings. The van der Waals surface area contributed by atoms with E-state index < -0.39 is 0 Å². The molecule has 1 atom stereocenters. The van der Waals surface area contributed by atoms with E-state index in [1.165, 1.54) is 4.90 Å². The Bertz CT molecular complexity index is 206. The third-order valence-electron chi connectivity index (χ3n) is 1.51. The molecule has 14 heavy (non-hydrogen) atoms. The molecule has 0 aliphatic carbocycles. The zero-order chi connectivity index (χ0) is 11.1. The summed E-state index contributed by atoms with van der Waals surface area (Å²) in [5.41, 5.74) is 0. The van der Waals surface area contributed by atoms with E-state index in [0.717, 1.165) is 11.8 Å². The molecule has 0 heterocycles. The smallest absolute Gasteiger partial charge is 0.309 e. The Kier molecular flexibility index (Phi) is 6.36. The molecule has 0 aromatic carbocycles. The van der Waals surface area contributed by atoms with E-state index in [9.17, 15) is 9.59 Å². The highest BCUT2D eigenvalue weighted by Crippen LogP contribution is 2.12. The minimum atomic E-state index is -0.244. The molecule has 0 radical (unpaired) electrons. The first-order valence-electron chi connectivity index (χ1n) is 4.49. The maximum atomic E-state index is 11.2. The van der Waals surface area contributed by atoms with Crippen LogP contribution in [0.4, 0.5) is 4.79 Å². The number of ether oxygens (including phenoxy) is 1. The van der Waals surface area contributed by atoms with E-state index in [4.69, 9.17) is 4.74 Å². The minimum Gasteiger partial charge on any atom is -0.466 e. The van der Waals surface area contributed by atoms with Gasteiger partial charge < -0.3 is 9.64 Å². The molecular weight excluding hydrogens is 202 g/mol. The number of carbonyl (C=O) groups excluding carboxylic acids is 2. The van der Waals surface area contributed by atoms with E-state index in [0.29, 0.717) is 12.4 Å². The molecule has 0 N–H and O–H groups in total. The molecular formula is C9H17NO3S. The predicted molar refractivity (Wildman–Crippen MR) is 57.3 cm³/mol. The van der Waals surface area contributed by atoms with Crippen molar-refractivity contribution in [2.45, 2.75) is 13.8 Å². The van der Waals surface area contributed by atoms with Gasteiger partial charge in [0.2, 0.25) is 0 Å². The lowest BCUT2D eigenvalue weighted by molar-refractivity contribution is -0.146. The van der Waals surface area contributed by atoms with Crippen LogP contribution in [0.3, 0.4) is 0 Å². The van der Waals surface area contributed by atoms with Gasteiger partial charge in [0.1, 0.15) is 0 Å². The Morgan fingerprint density at radius 3 is 2.43 bits per heavy atom. The van der Waals surface area contributed by atoms with E-state index >= 15 is 0 Å². The summed E-state index contributed by atoms with van der Waals surface area (Å²) in [5.74, 6) is -0.00837. The lowest BCUT2D eigenvalue weighted by atomic mass is 10.2. The summed E-state index contributed by atoms with van der Waals surface area (Å²) in [7, 11) is 3.37. The number of amides is 1. The summed E-state index contributed by atoms with van der Waals surface area (Å²) in [6, 6.07) is 0. The highest BCUT2D eigenvalue weighted by molar-refractivity contribution is 8.13. The van der Waals surface area contributed by atoms with Gasteiger partial charge in [0.05, 0.1) is 12.5 Å². The van der Waals surface area contributed by atoms with Gasteiger partial charge in [0.25, 0.3) is 5.24 Å². The van der Waals surface area contributed by atoms with E-state index in [1.807, 2.05) is 0 Å². The Hall–Kier alpha value is -0.710. The van der Waals surface area contributed by atoms with Crippen LogP contribution >= 0.6 is 11.8 Å². The van der Waals surface area contributed by atoms with Gasteiger partial charge in [-0.1, -0.05) is 18.7 Å². The van der Waals surface area contributed by atoms with Crippen LogP contribution in [0.25, 0.3) is 0 Å². The Morgan fingerprint density at radius 1 is 1.43 bits per heavy atom. The largest absolute Gasteiger partial charge is 0.466 e. The molecule has 0 saturated carbocycles. The second-order valence-electron chi connectivity index (χ2n) is 3.12. The van der Waals surface area contributed by atoms with E-state index in [2.05, 4.69) is 0 Å². The molecule has 4 nitrogen and oxygen atoms in total. The number of thioether (sulfide) groups is 1. The number of hydrogen-bond donors (Lipinski definition) is 0. The number of hydrogen-bond acceptors (Lipinski definition) is 4. The third-order valence-corrected chi connectivity index (χ3v) is 2.79. The quantitative estimate of drug-likeness (QED) is 0.674. The van der Waals surface area contributed by atoms with Crippen LogP contribution < -0.4 is 0 Å². The van der Waals surface area contributed by atoms with Crippen molar-refractivity contribution in [3.05, 3.63) is 0 Å². The summed E-state index contributed by atoms with van der Waals surface area (Å²) in [6.07, 6.45) is 0. The molecule has 0 bridgehead atoms. The number of rotatable bonds is 4. The van der Waals surface area contributed by atoms with Crippen molar-refractivity contribution in [2.24, 2.45) is 5.92 Å². The van der Waals surface area contributed by atoms with Gasteiger partial charge in [-0.15, -0.1) is 0 Å². The number of esters is 1. The molecule has 82 valence electrons. The molecule has 0 aliphatic heterocycles. The van der Waals surface area contributed by atoms with Gasteiger partial charge in [0, 0.05) is 19.8 Å². The van der Waals surface area contributed by atoms with Crippen molar-refractivity contribution < 1.29 is 14.3 Å². The minimum absolute atomic E-state index is 0.0406. The first-order chi connectivity index (χ1) is 6.49. The molecule has 1 unspecified atom stereocenters. The second kappa shape index (κ2) is 6.70. The average molecular weight is 219 g/mol. The predicted octanol–water partition coefficient (Wildman–Crippen LogP) is 1.60. The molecule has 5 heteroatoms. The lowest BCUT2D eigenvalue weighted by Gasteiger charge is -2.12. The molecule has 0 spiro atoms. The highest BCUT2D eigenvalue weighted by atomic mass is 32.2. The molecule has 1 amide bonds. The standard InChI is InChI=1S/C9H17NO3S/c1-5-13-8(11)7(2)6-14-9(12)10(3)4/h7H,5-6H2,1-4H3. The fourth-order valence-corrected chi connectivity index (χ4v) is 1.46. The van der Waals surface area contributed by atoms with Crippen LogP contribution in [0.1, 0.15) is 13.8 Å². The van der Waals surface area contributed by atoms with Crippen molar-refractivity contribution in [1.29, 1.82) is 0 Å². The van der Waals surface area contributed by atoms with Crippen molar-refractivity contribution in [3.8, 4) is 0 Å². The van der Waals surface area contributed by atoms with Gasteiger partial charge in [-0.3, -0.25) is 9.59 Å². The lowest BCUT2D eigenvalue weighted by Crippen LogP contribution is -2.21. The fraction of sp³-hybridized carbons (Fsp3) is 0.778. The van der Waals surface area contributed by atoms with Crippen LogP contribution in [0.15, 0.2) is 0 Å². The van der Waals surface area contributed by atoms with Crippen LogP contribution in [-0.4, -0.2) is 42.6 Å². The van der Waals surface area contributed by atoms with Gasteiger partial charge in [-0.05, 0) is 6.92 Å². The van der Waals surface area contributed by atoms with Gasteiger partial charge in [-0.25, -0.2) is 0 Å². The second-order valence-corrected chi connectivity index (χ2v) is 4.10. The molecule has 0 fully saturated rings. The monoisotopic (exact) mass is 219 g/mol. The van der Waals surface area contributed by atoms with Gasteiger partial charge in [0.15, 0.2) is 0 Å². The van der Waals surface area contributed by atoms with Crippen molar-refractivity contribution in [3.63, 3.8) is 0 Å². The summed E-state index contributed by atoms with van der Waals surface area (Å²) in [6.45, 7) is 3.91. The summed E-state index contributed by atoms with van der Waals surface area (Å²) < 4.78 is 4.82. The van der Waals surface area contributed by atoms with Crippen LogP contribution in [0.5, 0.6) is 0 Å². The highest BCUT2D eigenvalue weighted by Gasteiger charge is 2.16. The zero-order valence-corrected chi connectivity index (χ0v) is 9.89. The van der Waals surface area contributed by atoms with E-state index in [1.54, 1.807) is 27.9 Å². The van der Waals surface area contributed by atoms with Crippen LogP contribution in [-0.2, 0) is 9.53 Å². The SMILES string of the molecule is CCOC(=O)C(C)CSC(=O)N(C)C. The Labute approximate surface area is 89.0 Å². The topological polar surface area (TPSA) is 46.6 Å². The van der Waals surface area contributed by atoms with E-state index in [-0.39, 0.29) is 17.1 Å². The molecule has 0 aromatic heterocycles. The first kappa shape index (κ1) is 13.3.